The summed E-state index contributed by atoms with van der Waals surface area (Å²) in [5, 5.41) is 3.82. The standard InChI is InChI=1S/C33H37Cl2N3O6S/c1-2-45(41,42)38(25-15-16-30-31(20-25)44-18-17-43-30)22-32(39)37(21-26-27(34)13-8-14-28(26)35)29(19-23-9-4-3-5-10-23)33(40)36-24-11-6-7-12-24/h3-5,8-10,13-16,20,24,29H,2,6-7,11-12,17-19,21-22H2,1H3,(H,36,40). The maximum absolute atomic E-state index is 14.5. The molecule has 5 rings (SSSR count). The molecule has 3 aromatic rings. The molecule has 9 nitrogen and oxygen atoms in total. The van der Waals surface area contributed by atoms with Crippen molar-refractivity contribution >= 4 is 50.7 Å². The van der Waals surface area contributed by atoms with Gasteiger partial charge in [0.15, 0.2) is 11.5 Å². The van der Waals surface area contributed by atoms with Gasteiger partial charge in [0.05, 0.1) is 11.4 Å². The Hall–Kier alpha value is -3.47. The number of sulfonamides is 1. The number of amides is 2. The first-order valence-corrected chi connectivity index (χ1v) is 17.5. The number of hydrogen-bond donors (Lipinski definition) is 1. The molecule has 1 saturated carbocycles. The fourth-order valence-electron chi connectivity index (χ4n) is 5.68. The molecule has 1 atom stereocenters. The van der Waals surface area contributed by atoms with Gasteiger partial charge in [0.1, 0.15) is 25.8 Å². The third-order valence-electron chi connectivity index (χ3n) is 8.16. The zero-order valence-electron chi connectivity index (χ0n) is 25.1. The number of benzene rings is 3. The molecule has 1 unspecified atom stereocenters. The number of ether oxygens (including phenoxy) is 2. The van der Waals surface area contributed by atoms with Gasteiger partial charge in [-0.25, -0.2) is 8.42 Å². The summed E-state index contributed by atoms with van der Waals surface area (Å²) in [6.07, 6.45) is 3.97. The van der Waals surface area contributed by atoms with Gasteiger partial charge in [-0.15, -0.1) is 0 Å². The first-order chi connectivity index (χ1) is 21.7. The number of carbonyl (C=O) groups excluding carboxylic acids is 2. The normalized spacial score (nSPS) is 15.4. The predicted octanol–water partition coefficient (Wildman–Crippen LogP) is 5.62. The number of fused-ring (bicyclic) bond motifs is 1. The van der Waals surface area contributed by atoms with E-state index in [0.29, 0.717) is 40.3 Å². The van der Waals surface area contributed by atoms with Gasteiger partial charge in [0.2, 0.25) is 21.8 Å². The van der Waals surface area contributed by atoms with Crippen molar-refractivity contribution in [3.63, 3.8) is 0 Å². The van der Waals surface area contributed by atoms with Crippen molar-refractivity contribution in [3.8, 4) is 11.5 Å². The van der Waals surface area contributed by atoms with E-state index < -0.39 is 28.5 Å². The fraction of sp³-hybridized carbons (Fsp3) is 0.394. The molecule has 1 heterocycles. The van der Waals surface area contributed by atoms with Crippen LogP contribution in [-0.2, 0) is 32.6 Å². The lowest BCUT2D eigenvalue weighted by molar-refractivity contribution is -0.140. The van der Waals surface area contributed by atoms with E-state index >= 15 is 0 Å². The first kappa shape index (κ1) is 32.9. The molecule has 2 aliphatic rings. The number of nitrogens with zero attached hydrogens (tertiary/aromatic N) is 2. The molecule has 3 aromatic carbocycles. The largest absolute Gasteiger partial charge is 0.486 e. The second-order valence-corrected chi connectivity index (χ2v) is 14.1. The van der Waals surface area contributed by atoms with E-state index in [1.807, 2.05) is 30.3 Å². The Labute approximate surface area is 274 Å². The minimum atomic E-state index is -3.94. The fourth-order valence-corrected chi connectivity index (χ4v) is 7.25. The summed E-state index contributed by atoms with van der Waals surface area (Å²) in [4.78, 5) is 29.9. The van der Waals surface area contributed by atoms with Crippen molar-refractivity contribution in [2.24, 2.45) is 0 Å². The molecular weight excluding hydrogens is 637 g/mol. The van der Waals surface area contributed by atoms with E-state index in [0.717, 1.165) is 35.6 Å². The molecule has 0 aromatic heterocycles. The summed E-state index contributed by atoms with van der Waals surface area (Å²) in [6, 6.07) is 18.2. The Morgan fingerprint density at radius 2 is 1.60 bits per heavy atom. The van der Waals surface area contributed by atoms with E-state index in [1.54, 1.807) is 36.4 Å². The highest BCUT2D eigenvalue weighted by molar-refractivity contribution is 7.92. The summed E-state index contributed by atoms with van der Waals surface area (Å²) in [6.45, 7) is 1.56. The van der Waals surface area contributed by atoms with E-state index in [1.165, 1.54) is 11.8 Å². The van der Waals surface area contributed by atoms with Crippen LogP contribution >= 0.6 is 23.2 Å². The van der Waals surface area contributed by atoms with Gasteiger partial charge < -0.3 is 19.7 Å². The predicted molar refractivity (Wildman–Crippen MR) is 176 cm³/mol. The third-order valence-corrected chi connectivity index (χ3v) is 10.6. The average molecular weight is 675 g/mol. The SMILES string of the molecule is CCS(=O)(=O)N(CC(=O)N(Cc1c(Cl)cccc1Cl)C(Cc1ccccc1)C(=O)NC1CCCC1)c1ccc2c(c1)OCCO2. The van der Waals surface area contributed by atoms with Gasteiger partial charge in [-0.1, -0.05) is 72.4 Å². The average Bonchev–Trinajstić information content (AvgIpc) is 3.56. The topological polar surface area (TPSA) is 105 Å². The second-order valence-electron chi connectivity index (χ2n) is 11.2. The van der Waals surface area contributed by atoms with Crippen LogP contribution in [0, 0.1) is 0 Å². The molecular formula is C33H37Cl2N3O6S. The van der Waals surface area contributed by atoms with Gasteiger partial charge in [-0.2, -0.15) is 0 Å². The van der Waals surface area contributed by atoms with Gasteiger partial charge in [0.25, 0.3) is 0 Å². The van der Waals surface area contributed by atoms with Crippen LogP contribution in [0.5, 0.6) is 11.5 Å². The molecule has 12 heteroatoms. The summed E-state index contributed by atoms with van der Waals surface area (Å²) < 4.78 is 39.3. The smallest absolute Gasteiger partial charge is 0.244 e. The van der Waals surface area contributed by atoms with Crippen LogP contribution in [0.25, 0.3) is 0 Å². The number of carbonyl (C=O) groups is 2. The van der Waals surface area contributed by atoms with Gasteiger partial charge in [-0.05, 0) is 49.6 Å². The highest BCUT2D eigenvalue weighted by Crippen LogP contribution is 2.35. The van der Waals surface area contributed by atoms with E-state index in [2.05, 4.69) is 5.32 Å². The van der Waals surface area contributed by atoms with Crippen LogP contribution in [0.4, 0.5) is 5.69 Å². The van der Waals surface area contributed by atoms with E-state index in [9.17, 15) is 18.0 Å². The number of halogens is 2. The van der Waals surface area contributed by atoms with Gasteiger partial charge in [0, 0.05) is 40.7 Å². The third kappa shape index (κ3) is 8.04. The highest BCUT2D eigenvalue weighted by atomic mass is 35.5. The first-order valence-electron chi connectivity index (χ1n) is 15.1. The second kappa shape index (κ2) is 14.7. The Balaban J connectivity index is 1.55. The van der Waals surface area contributed by atoms with Crippen LogP contribution in [0.1, 0.15) is 43.7 Å². The maximum Gasteiger partial charge on any atom is 0.244 e. The molecule has 240 valence electrons. The molecule has 0 radical (unpaired) electrons. The Bertz CT molecular complexity index is 1600. The lowest BCUT2D eigenvalue weighted by Gasteiger charge is -2.34. The summed E-state index contributed by atoms with van der Waals surface area (Å²) >= 11 is 13.1. The van der Waals surface area contributed by atoms with Crippen molar-refractivity contribution in [1.29, 1.82) is 0 Å². The van der Waals surface area contributed by atoms with Gasteiger partial charge >= 0.3 is 0 Å². The van der Waals surface area contributed by atoms with Crippen LogP contribution in [-0.4, -0.2) is 62.7 Å². The molecule has 0 bridgehead atoms. The van der Waals surface area contributed by atoms with Crippen LogP contribution in [0.2, 0.25) is 10.0 Å². The Morgan fingerprint density at radius 1 is 0.933 bits per heavy atom. The molecule has 2 amide bonds. The quantitative estimate of drug-likeness (QED) is 0.268. The lowest BCUT2D eigenvalue weighted by Crippen LogP contribution is -2.54. The van der Waals surface area contributed by atoms with Crippen molar-refractivity contribution in [2.75, 3.05) is 29.8 Å². The maximum atomic E-state index is 14.5. The van der Waals surface area contributed by atoms with Crippen molar-refractivity contribution < 1.29 is 27.5 Å². The molecule has 0 saturated heterocycles. The molecule has 1 N–H and O–H groups in total. The Kier molecular flexibility index (Phi) is 10.8. The van der Waals surface area contributed by atoms with Crippen LogP contribution in [0.15, 0.2) is 66.7 Å². The van der Waals surface area contributed by atoms with Crippen LogP contribution < -0.4 is 19.1 Å². The number of hydrogen-bond acceptors (Lipinski definition) is 6. The molecule has 1 fully saturated rings. The lowest BCUT2D eigenvalue weighted by atomic mass is 10.0. The number of nitrogens with one attached hydrogen (secondary N) is 1. The molecule has 45 heavy (non-hydrogen) atoms. The van der Waals surface area contributed by atoms with E-state index in [-0.39, 0.29) is 36.4 Å². The Morgan fingerprint density at radius 3 is 2.27 bits per heavy atom. The number of anilines is 1. The summed E-state index contributed by atoms with van der Waals surface area (Å²) in [5.74, 6) is -0.264. The van der Waals surface area contributed by atoms with Crippen LogP contribution in [0.3, 0.4) is 0 Å². The minimum Gasteiger partial charge on any atom is -0.486 e. The highest BCUT2D eigenvalue weighted by Gasteiger charge is 2.35. The molecule has 1 aliphatic carbocycles. The van der Waals surface area contributed by atoms with E-state index in [4.69, 9.17) is 32.7 Å². The van der Waals surface area contributed by atoms with Crippen molar-refractivity contribution in [1.82, 2.24) is 10.2 Å². The van der Waals surface area contributed by atoms with Crippen molar-refractivity contribution in [3.05, 3.63) is 87.9 Å². The zero-order valence-corrected chi connectivity index (χ0v) is 27.4. The monoisotopic (exact) mass is 673 g/mol. The molecule has 0 spiro atoms. The molecule has 1 aliphatic heterocycles. The summed E-state index contributed by atoms with van der Waals surface area (Å²) in [5.41, 5.74) is 1.56. The number of rotatable bonds is 12. The zero-order chi connectivity index (χ0) is 32.0. The summed E-state index contributed by atoms with van der Waals surface area (Å²) in [7, 11) is -3.94. The van der Waals surface area contributed by atoms with Crippen molar-refractivity contribution in [2.45, 2.75) is 57.7 Å². The minimum absolute atomic E-state index is 0.00584. The van der Waals surface area contributed by atoms with Gasteiger partial charge in [-0.3, -0.25) is 13.9 Å².